The van der Waals surface area contributed by atoms with Gasteiger partial charge in [-0.25, -0.2) is 19.8 Å². The summed E-state index contributed by atoms with van der Waals surface area (Å²) in [6.45, 7) is 3.96. The number of amides is 2. The monoisotopic (exact) mass is 721 g/mol. The van der Waals surface area contributed by atoms with Crippen molar-refractivity contribution in [1.82, 2.24) is 5.43 Å². The summed E-state index contributed by atoms with van der Waals surface area (Å²) >= 11 is 13.1. The Morgan fingerprint density at radius 1 is 0.878 bits per heavy atom. The smallest absolute Gasteiger partial charge is 0.343 e. The van der Waals surface area contributed by atoms with Crippen molar-refractivity contribution in [2.24, 2.45) is 11.0 Å². The molecule has 2 N–H and O–H groups in total. The van der Waals surface area contributed by atoms with Gasteiger partial charge in [-0.3, -0.25) is 9.59 Å². The third-order valence-electron chi connectivity index (χ3n) is 7.35. The van der Waals surface area contributed by atoms with Crippen LogP contribution < -0.4 is 20.2 Å². The number of hydrazone groups is 1. The number of carbonyl (C=O) groups is 5. The molecular formula is C35H29Cl2N3O8S. The predicted octanol–water partition coefficient (Wildman–Crippen LogP) is 6.88. The molecule has 11 nitrogen and oxygen atoms in total. The van der Waals surface area contributed by atoms with E-state index in [-0.39, 0.29) is 45.4 Å². The first-order chi connectivity index (χ1) is 23.5. The number of anilines is 1. The molecule has 0 bridgehead atoms. The molecule has 4 aromatic rings. The molecular weight excluding hydrogens is 693 g/mol. The zero-order valence-corrected chi connectivity index (χ0v) is 28.5. The Labute approximate surface area is 295 Å². The van der Waals surface area contributed by atoms with Crippen LogP contribution in [-0.2, 0) is 27.2 Å². The van der Waals surface area contributed by atoms with Gasteiger partial charge in [0.1, 0.15) is 16.5 Å². The number of nitrogens with one attached hydrogen (secondary N) is 2. The maximum absolute atomic E-state index is 12.9. The highest BCUT2D eigenvalue weighted by atomic mass is 35.5. The van der Waals surface area contributed by atoms with E-state index >= 15 is 0 Å². The Bertz CT molecular complexity index is 1940. The lowest BCUT2D eigenvalue weighted by molar-refractivity contribution is -0.136. The molecule has 5 rings (SSSR count). The van der Waals surface area contributed by atoms with Gasteiger partial charge in [-0.1, -0.05) is 30.1 Å². The standard InChI is InChI=1S/C35H29Cl2N3O8S/c1-3-46-35(45)29-26-15-4-19(2)16-28(26)49-32(29)39-30(41)31(42)40-38-18-22-9-14-25(47-33(43)20-5-10-23(36)11-6-20)17-27(22)48-34(44)21-7-12-24(37)13-8-21/h5-14,17-19H,3-4,15-16H2,1-2H3,(H,39,41)(H,40,42). The second kappa shape index (κ2) is 15.9. The van der Waals surface area contributed by atoms with Crippen LogP contribution in [0.15, 0.2) is 71.8 Å². The number of esters is 3. The molecule has 0 saturated carbocycles. The Morgan fingerprint density at radius 3 is 2.14 bits per heavy atom. The topological polar surface area (TPSA) is 149 Å². The molecule has 1 heterocycles. The van der Waals surface area contributed by atoms with Crippen LogP contribution in [0.1, 0.15) is 67.3 Å². The van der Waals surface area contributed by atoms with Gasteiger partial charge in [0.25, 0.3) is 0 Å². The summed E-state index contributed by atoms with van der Waals surface area (Å²) in [7, 11) is 0. The highest BCUT2D eigenvalue weighted by Crippen LogP contribution is 2.40. The summed E-state index contributed by atoms with van der Waals surface area (Å²) in [5, 5.41) is 7.50. The second-order valence-electron chi connectivity index (χ2n) is 10.9. The van der Waals surface area contributed by atoms with Crippen LogP contribution in [0.4, 0.5) is 5.00 Å². The zero-order valence-electron chi connectivity index (χ0n) is 26.2. The first-order valence-corrected chi connectivity index (χ1v) is 16.6. The molecule has 1 aliphatic rings. The van der Waals surface area contributed by atoms with Gasteiger partial charge < -0.3 is 19.5 Å². The molecule has 49 heavy (non-hydrogen) atoms. The summed E-state index contributed by atoms with van der Waals surface area (Å²) in [6.07, 6.45) is 3.46. The average Bonchev–Trinajstić information content (AvgIpc) is 3.43. The Morgan fingerprint density at radius 2 is 1.51 bits per heavy atom. The van der Waals surface area contributed by atoms with Crippen molar-refractivity contribution < 1.29 is 38.2 Å². The molecule has 0 fully saturated rings. The van der Waals surface area contributed by atoms with Crippen LogP contribution in [0.5, 0.6) is 11.5 Å². The average molecular weight is 723 g/mol. The van der Waals surface area contributed by atoms with Crippen LogP contribution in [0.3, 0.4) is 0 Å². The molecule has 0 saturated heterocycles. The summed E-state index contributed by atoms with van der Waals surface area (Å²) in [6, 6.07) is 16.2. The van der Waals surface area contributed by atoms with E-state index in [1.807, 2.05) is 0 Å². The molecule has 0 spiro atoms. The van der Waals surface area contributed by atoms with Crippen LogP contribution in [0.25, 0.3) is 0 Å². The molecule has 0 aliphatic heterocycles. The Kier molecular flexibility index (Phi) is 11.4. The molecule has 0 radical (unpaired) electrons. The predicted molar refractivity (Wildman–Crippen MR) is 185 cm³/mol. The van der Waals surface area contributed by atoms with Crippen molar-refractivity contribution in [3.05, 3.63) is 109 Å². The highest BCUT2D eigenvalue weighted by Gasteiger charge is 2.30. The minimum Gasteiger partial charge on any atom is -0.462 e. The fraction of sp³-hybridized carbons (Fsp3) is 0.200. The number of nitrogens with zero attached hydrogens (tertiary/aromatic N) is 1. The third kappa shape index (κ3) is 8.91. The first kappa shape index (κ1) is 35.3. The molecule has 1 atom stereocenters. The first-order valence-electron chi connectivity index (χ1n) is 15.1. The lowest BCUT2D eigenvalue weighted by Gasteiger charge is -2.18. The van der Waals surface area contributed by atoms with Gasteiger partial charge in [0.15, 0.2) is 0 Å². The Hall–Kier alpha value is -5.04. The molecule has 14 heteroatoms. The number of benzene rings is 3. The van der Waals surface area contributed by atoms with Crippen LogP contribution in [0, 0.1) is 5.92 Å². The van der Waals surface area contributed by atoms with E-state index in [9.17, 15) is 24.0 Å². The number of rotatable bonds is 9. The third-order valence-corrected chi connectivity index (χ3v) is 9.03. The lowest BCUT2D eigenvalue weighted by Crippen LogP contribution is -2.32. The maximum Gasteiger partial charge on any atom is 0.343 e. The summed E-state index contributed by atoms with van der Waals surface area (Å²) in [4.78, 5) is 65.0. The van der Waals surface area contributed by atoms with E-state index in [0.717, 1.165) is 29.5 Å². The summed E-state index contributed by atoms with van der Waals surface area (Å²) < 4.78 is 16.3. The van der Waals surface area contributed by atoms with Crippen LogP contribution >= 0.6 is 34.5 Å². The fourth-order valence-corrected chi connectivity index (χ4v) is 6.54. The fourth-order valence-electron chi connectivity index (χ4n) is 4.90. The van der Waals surface area contributed by atoms with Gasteiger partial charge in [-0.2, -0.15) is 5.10 Å². The van der Waals surface area contributed by atoms with E-state index < -0.39 is 29.7 Å². The van der Waals surface area contributed by atoms with Crippen molar-refractivity contribution in [3.8, 4) is 11.5 Å². The van der Waals surface area contributed by atoms with Crippen molar-refractivity contribution in [2.45, 2.75) is 33.1 Å². The molecule has 2 amide bonds. The van der Waals surface area contributed by atoms with E-state index in [1.54, 1.807) is 19.1 Å². The van der Waals surface area contributed by atoms with Gasteiger partial charge in [-0.15, -0.1) is 11.3 Å². The normalized spacial score (nSPS) is 13.7. The van der Waals surface area contributed by atoms with Gasteiger partial charge >= 0.3 is 29.7 Å². The van der Waals surface area contributed by atoms with Crippen LogP contribution in [-0.4, -0.2) is 42.5 Å². The second-order valence-corrected chi connectivity index (χ2v) is 12.9. The molecule has 1 aromatic heterocycles. The SMILES string of the molecule is CCOC(=O)c1c(NC(=O)C(=O)NN=Cc2ccc(OC(=O)c3ccc(Cl)cc3)cc2OC(=O)c2ccc(Cl)cc2)sc2c1CCC(C)C2. The van der Waals surface area contributed by atoms with Gasteiger partial charge in [-0.05, 0) is 98.3 Å². The van der Waals surface area contributed by atoms with Crippen molar-refractivity contribution in [1.29, 1.82) is 0 Å². The number of halogens is 2. The largest absolute Gasteiger partial charge is 0.462 e. The molecule has 252 valence electrons. The van der Waals surface area contributed by atoms with Gasteiger partial charge in [0, 0.05) is 26.6 Å². The van der Waals surface area contributed by atoms with Crippen LogP contribution in [0.2, 0.25) is 10.0 Å². The van der Waals surface area contributed by atoms with Crippen molar-refractivity contribution >= 4 is 75.5 Å². The maximum atomic E-state index is 12.9. The minimum absolute atomic E-state index is 0.0462. The highest BCUT2D eigenvalue weighted by molar-refractivity contribution is 7.17. The van der Waals surface area contributed by atoms with E-state index in [1.165, 1.54) is 65.9 Å². The molecule has 1 unspecified atom stereocenters. The summed E-state index contributed by atoms with van der Waals surface area (Å²) in [5.74, 6) is -3.76. The van der Waals surface area contributed by atoms with E-state index in [4.69, 9.17) is 37.4 Å². The number of hydrogen-bond donors (Lipinski definition) is 2. The molecule has 3 aromatic carbocycles. The molecule has 1 aliphatic carbocycles. The summed E-state index contributed by atoms with van der Waals surface area (Å²) in [5.41, 5.74) is 3.86. The number of fused-ring (bicyclic) bond motifs is 1. The lowest BCUT2D eigenvalue weighted by atomic mass is 9.88. The van der Waals surface area contributed by atoms with E-state index in [2.05, 4.69) is 22.8 Å². The van der Waals surface area contributed by atoms with E-state index in [0.29, 0.717) is 22.4 Å². The van der Waals surface area contributed by atoms with Crippen molar-refractivity contribution in [2.75, 3.05) is 11.9 Å². The Balaban J connectivity index is 1.32. The van der Waals surface area contributed by atoms with Gasteiger partial charge in [0.05, 0.1) is 29.5 Å². The quantitative estimate of drug-likeness (QED) is 0.0624. The minimum atomic E-state index is -1.11. The number of carbonyl (C=O) groups excluding carboxylic acids is 5. The number of hydrogen-bond acceptors (Lipinski definition) is 10. The number of thiophene rings is 1. The number of ether oxygens (including phenoxy) is 3. The van der Waals surface area contributed by atoms with Gasteiger partial charge in [0.2, 0.25) is 0 Å². The zero-order chi connectivity index (χ0) is 35.1. The van der Waals surface area contributed by atoms with Crippen molar-refractivity contribution in [3.63, 3.8) is 0 Å².